The molecule has 0 bridgehead atoms. The SMILES string of the molecule is CCN1C(=O)C(CCN2CCN(c3cccc(C(F)(F)F)c3)CC2)(c2ccccc2)c2ccccc21. The summed E-state index contributed by atoms with van der Waals surface area (Å²) in [6.07, 6.45) is -3.70. The average molecular weight is 494 g/mol. The molecule has 0 aliphatic carbocycles. The third-order valence-electron chi connectivity index (χ3n) is 7.56. The number of rotatable bonds is 6. The molecule has 1 unspecified atom stereocenters. The first-order chi connectivity index (χ1) is 17.3. The van der Waals surface area contributed by atoms with Crippen LogP contribution in [0.25, 0.3) is 0 Å². The quantitative estimate of drug-likeness (QED) is 0.449. The van der Waals surface area contributed by atoms with Gasteiger partial charge in [-0.1, -0.05) is 54.6 Å². The fourth-order valence-corrected chi connectivity index (χ4v) is 5.66. The van der Waals surface area contributed by atoms with Crippen molar-refractivity contribution < 1.29 is 18.0 Å². The Labute approximate surface area is 209 Å². The Morgan fingerprint density at radius 3 is 2.25 bits per heavy atom. The number of carbonyl (C=O) groups excluding carboxylic acids is 1. The third-order valence-corrected chi connectivity index (χ3v) is 7.56. The summed E-state index contributed by atoms with van der Waals surface area (Å²) in [6.45, 7) is 6.09. The van der Waals surface area contributed by atoms with E-state index in [-0.39, 0.29) is 5.91 Å². The minimum atomic E-state index is -4.35. The van der Waals surface area contributed by atoms with Gasteiger partial charge in [0.1, 0.15) is 5.41 Å². The Morgan fingerprint density at radius 1 is 0.861 bits per heavy atom. The van der Waals surface area contributed by atoms with Crippen molar-refractivity contribution in [1.29, 1.82) is 0 Å². The van der Waals surface area contributed by atoms with Crippen molar-refractivity contribution >= 4 is 17.3 Å². The molecular formula is C29H30F3N3O. The van der Waals surface area contributed by atoms with E-state index in [4.69, 9.17) is 0 Å². The van der Waals surface area contributed by atoms with Crippen molar-refractivity contribution in [2.75, 3.05) is 49.1 Å². The van der Waals surface area contributed by atoms with Crippen molar-refractivity contribution in [3.05, 3.63) is 95.6 Å². The first-order valence-electron chi connectivity index (χ1n) is 12.5. The third kappa shape index (κ3) is 4.26. The van der Waals surface area contributed by atoms with Gasteiger partial charge < -0.3 is 9.80 Å². The highest BCUT2D eigenvalue weighted by Crippen LogP contribution is 2.48. The van der Waals surface area contributed by atoms with Crippen LogP contribution in [0.3, 0.4) is 0 Å². The van der Waals surface area contributed by atoms with E-state index in [1.54, 1.807) is 6.07 Å². The van der Waals surface area contributed by atoms with Gasteiger partial charge in [0.15, 0.2) is 0 Å². The number of para-hydroxylation sites is 1. The van der Waals surface area contributed by atoms with Crippen molar-refractivity contribution in [2.45, 2.75) is 24.9 Å². The molecule has 1 saturated heterocycles. The second-order valence-corrected chi connectivity index (χ2v) is 9.46. The van der Waals surface area contributed by atoms with Gasteiger partial charge in [-0.15, -0.1) is 0 Å². The molecule has 3 aromatic carbocycles. The van der Waals surface area contributed by atoms with Crippen LogP contribution in [0.15, 0.2) is 78.9 Å². The molecule has 0 aromatic heterocycles. The molecule has 4 nitrogen and oxygen atoms in total. The van der Waals surface area contributed by atoms with E-state index in [1.807, 2.05) is 65.3 Å². The zero-order valence-electron chi connectivity index (χ0n) is 20.3. The van der Waals surface area contributed by atoms with Gasteiger partial charge in [0.2, 0.25) is 5.91 Å². The van der Waals surface area contributed by atoms with Crippen LogP contribution in [-0.2, 0) is 16.4 Å². The van der Waals surface area contributed by atoms with E-state index in [9.17, 15) is 18.0 Å². The highest BCUT2D eigenvalue weighted by Gasteiger charge is 2.51. The lowest BCUT2D eigenvalue weighted by molar-refractivity contribution is -0.137. The summed E-state index contributed by atoms with van der Waals surface area (Å²) in [5, 5.41) is 0. The molecule has 36 heavy (non-hydrogen) atoms. The number of anilines is 2. The Morgan fingerprint density at radius 2 is 1.56 bits per heavy atom. The molecule has 1 atom stereocenters. The van der Waals surface area contributed by atoms with Crippen LogP contribution < -0.4 is 9.80 Å². The number of halogens is 3. The summed E-state index contributed by atoms with van der Waals surface area (Å²) in [7, 11) is 0. The normalized spacial score (nSPS) is 20.6. The molecule has 2 aliphatic heterocycles. The predicted octanol–water partition coefficient (Wildman–Crippen LogP) is 5.57. The van der Waals surface area contributed by atoms with E-state index >= 15 is 0 Å². The van der Waals surface area contributed by atoms with Crippen LogP contribution in [0.1, 0.15) is 30.0 Å². The largest absolute Gasteiger partial charge is 0.416 e. The molecule has 7 heteroatoms. The van der Waals surface area contributed by atoms with Gasteiger partial charge in [0.05, 0.1) is 5.56 Å². The molecule has 3 aromatic rings. The van der Waals surface area contributed by atoms with E-state index in [2.05, 4.69) is 11.0 Å². The summed E-state index contributed by atoms with van der Waals surface area (Å²) >= 11 is 0. The maximum Gasteiger partial charge on any atom is 0.416 e. The monoisotopic (exact) mass is 493 g/mol. The Kier molecular flexibility index (Phi) is 6.51. The molecule has 5 rings (SSSR count). The molecule has 0 N–H and O–H groups in total. The van der Waals surface area contributed by atoms with E-state index in [1.165, 1.54) is 12.1 Å². The van der Waals surface area contributed by atoms with Crippen molar-refractivity contribution in [1.82, 2.24) is 4.90 Å². The lowest BCUT2D eigenvalue weighted by Crippen LogP contribution is -2.49. The second-order valence-electron chi connectivity index (χ2n) is 9.46. The minimum Gasteiger partial charge on any atom is -0.369 e. The zero-order chi connectivity index (χ0) is 25.3. The Hall–Kier alpha value is -3.32. The highest BCUT2D eigenvalue weighted by atomic mass is 19.4. The minimum absolute atomic E-state index is 0.111. The van der Waals surface area contributed by atoms with Crippen molar-refractivity contribution in [3.8, 4) is 0 Å². The molecule has 0 radical (unpaired) electrons. The topological polar surface area (TPSA) is 26.8 Å². The van der Waals surface area contributed by atoms with E-state index < -0.39 is 17.2 Å². The van der Waals surface area contributed by atoms with Crippen molar-refractivity contribution in [3.63, 3.8) is 0 Å². The molecule has 188 valence electrons. The second kappa shape index (κ2) is 9.62. The smallest absolute Gasteiger partial charge is 0.369 e. The number of benzene rings is 3. The number of amides is 1. The number of alkyl halides is 3. The molecular weight excluding hydrogens is 463 g/mol. The lowest BCUT2D eigenvalue weighted by atomic mass is 9.72. The van der Waals surface area contributed by atoms with Crippen LogP contribution >= 0.6 is 0 Å². The first kappa shape index (κ1) is 24.4. The van der Waals surface area contributed by atoms with Crippen molar-refractivity contribution in [2.24, 2.45) is 0 Å². The van der Waals surface area contributed by atoms with Gasteiger partial charge in [-0.25, -0.2) is 0 Å². The average Bonchev–Trinajstić information content (AvgIpc) is 3.15. The molecule has 1 fully saturated rings. The van der Waals surface area contributed by atoms with Crippen LogP contribution in [0, 0.1) is 0 Å². The number of fused-ring (bicyclic) bond motifs is 1. The highest BCUT2D eigenvalue weighted by molar-refractivity contribution is 6.10. The number of likely N-dealkylation sites (N-methyl/N-ethyl adjacent to an activating group) is 1. The lowest BCUT2D eigenvalue weighted by Gasteiger charge is -2.38. The Balaban J connectivity index is 1.34. The number of hydrogen-bond donors (Lipinski definition) is 0. The molecule has 0 spiro atoms. The van der Waals surface area contributed by atoms with Gasteiger partial charge in [-0.3, -0.25) is 9.69 Å². The zero-order valence-corrected chi connectivity index (χ0v) is 20.3. The summed E-state index contributed by atoms with van der Waals surface area (Å²) in [6, 6.07) is 23.6. The van der Waals surface area contributed by atoms with Gasteiger partial charge >= 0.3 is 6.18 Å². The van der Waals surface area contributed by atoms with Crippen LogP contribution in [0.5, 0.6) is 0 Å². The summed E-state index contributed by atoms with van der Waals surface area (Å²) < 4.78 is 39.5. The molecule has 1 amide bonds. The van der Waals surface area contributed by atoms with Gasteiger partial charge in [-0.05, 0) is 55.3 Å². The first-order valence-corrected chi connectivity index (χ1v) is 12.5. The fraction of sp³-hybridized carbons (Fsp3) is 0.345. The molecule has 2 aliphatic rings. The predicted molar refractivity (Wildman–Crippen MR) is 136 cm³/mol. The number of carbonyl (C=O) groups is 1. The standard InChI is InChI=1S/C29H30F3N3O/c1-2-35-26-14-7-6-13-25(26)28(27(35)36,22-9-4-3-5-10-22)15-16-33-17-19-34(20-18-33)24-12-8-11-23(21-24)29(30,31)32/h3-14,21H,2,15-20H2,1H3. The maximum atomic E-state index is 13.9. The van der Waals surface area contributed by atoms with Crippen LogP contribution in [-0.4, -0.2) is 50.1 Å². The van der Waals surface area contributed by atoms with E-state index in [0.717, 1.165) is 42.5 Å². The Bertz CT molecular complexity index is 1220. The van der Waals surface area contributed by atoms with E-state index in [0.29, 0.717) is 31.7 Å². The van der Waals surface area contributed by atoms with Crippen LogP contribution in [0.2, 0.25) is 0 Å². The fourth-order valence-electron chi connectivity index (χ4n) is 5.66. The van der Waals surface area contributed by atoms with Gasteiger partial charge in [-0.2, -0.15) is 13.2 Å². The van der Waals surface area contributed by atoms with Crippen LogP contribution in [0.4, 0.5) is 24.5 Å². The molecule has 0 saturated carbocycles. The number of piperazine rings is 1. The molecule has 2 heterocycles. The number of hydrogen-bond acceptors (Lipinski definition) is 3. The van der Waals surface area contributed by atoms with Gasteiger partial charge in [0, 0.05) is 44.1 Å². The summed E-state index contributed by atoms with van der Waals surface area (Å²) in [5.41, 5.74) is 2.26. The summed E-state index contributed by atoms with van der Waals surface area (Å²) in [4.78, 5) is 20.2. The van der Waals surface area contributed by atoms with Gasteiger partial charge in [0.25, 0.3) is 0 Å². The summed E-state index contributed by atoms with van der Waals surface area (Å²) in [5.74, 6) is 0.111. The number of nitrogens with zero attached hydrogens (tertiary/aromatic N) is 3. The maximum absolute atomic E-state index is 13.9.